The van der Waals surface area contributed by atoms with E-state index in [1.54, 1.807) is 11.8 Å². The van der Waals surface area contributed by atoms with Crippen LogP contribution in [-0.4, -0.2) is 41.9 Å². The van der Waals surface area contributed by atoms with Crippen LogP contribution in [0.5, 0.6) is 0 Å². The number of rotatable bonds is 2. The Labute approximate surface area is 103 Å². The van der Waals surface area contributed by atoms with E-state index in [-0.39, 0.29) is 23.3 Å². The lowest BCUT2D eigenvalue weighted by Crippen LogP contribution is -2.57. The highest BCUT2D eigenvalue weighted by Crippen LogP contribution is 2.27. The van der Waals surface area contributed by atoms with Crippen LogP contribution < -0.4 is 11.1 Å². The lowest BCUT2D eigenvalue weighted by Gasteiger charge is -2.43. The average Bonchev–Trinajstić information content (AvgIpc) is 2.20. The van der Waals surface area contributed by atoms with Gasteiger partial charge in [0, 0.05) is 26.1 Å². The molecule has 0 spiro atoms. The highest BCUT2D eigenvalue weighted by Gasteiger charge is 2.36. The first kappa shape index (κ1) is 14.0. The number of nitrogens with zero attached hydrogens (tertiary/aromatic N) is 1. The molecule has 3 N–H and O–H groups in total. The number of hydrogen-bond acceptors (Lipinski definition) is 3. The molecule has 0 radical (unpaired) electrons. The highest BCUT2D eigenvalue weighted by molar-refractivity contribution is 5.86. The molecule has 0 aromatic heterocycles. The molecule has 5 heteroatoms. The number of nitrogens with two attached hydrogens (primary N) is 1. The molecule has 0 aromatic carbocycles. The molecule has 1 heterocycles. The minimum absolute atomic E-state index is 0.0276. The van der Waals surface area contributed by atoms with Gasteiger partial charge in [-0.25, -0.2) is 0 Å². The van der Waals surface area contributed by atoms with Crippen molar-refractivity contribution in [2.75, 3.05) is 13.1 Å². The molecule has 0 saturated carbocycles. The lowest BCUT2D eigenvalue weighted by molar-refractivity contribution is -0.138. The van der Waals surface area contributed by atoms with E-state index in [4.69, 9.17) is 5.73 Å². The van der Waals surface area contributed by atoms with Crippen LogP contribution in [0, 0.1) is 5.41 Å². The zero-order chi connectivity index (χ0) is 13.2. The summed E-state index contributed by atoms with van der Waals surface area (Å²) < 4.78 is 0. The first-order valence-corrected chi connectivity index (χ1v) is 6.05. The lowest BCUT2D eigenvalue weighted by atomic mass is 9.79. The summed E-state index contributed by atoms with van der Waals surface area (Å²) in [6.07, 6.45) is 0.811. The van der Waals surface area contributed by atoms with Gasteiger partial charge in [0.1, 0.15) is 6.04 Å². The summed E-state index contributed by atoms with van der Waals surface area (Å²) in [5.74, 6) is -0.209. The third-order valence-corrected chi connectivity index (χ3v) is 3.41. The molecule has 98 valence electrons. The van der Waals surface area contributed by atoms with Crippen molar-refractivity contribution in [1.82, 2.24) is 10.2 Å². The van der Waals surface area contributed by atoms with Crippen LogP contribution >= 0.6 is 0 Å². The quantitative estimate of drug-likeness (QED) is 0.720. The van der Waals surface area contributed by atoms with Gasteiger partial charge in [0.2, 0.25) is 11.8 Å². The van der Waals surface area contributed by atoms with Crippen molar-refractivity contribution >= 4 is 11.8 Å². The Morgan fingerprint density at radius 3 is 2.53 bits per heavy atom. The zero-order valence-corrected chi connectivity index (χ0v) is 11.1. The van der Waals surface area contributed by atoms with E-state index < -0.39 is 6.04 Å². The molecule has 1 aliphatic rings. The third-order valence-electron chi connectivity index (χ3n) is 3.41. The van der Waals surface area contributed by atoms with Crippen molar-refractivity contribution in [3.05, 3.63) is 0 Å². The van der Waals surface area contributed by atoms with Gasteiger partial charge in [0.25, 0.3) is 0 Å². The maximum atomic E-state index is 12.1. The number of nitrogens with one attached hydrogen (secondary N) is 1. The number of hydrogen-bond donors (Lipinski definition) is 2. The van der Waals surface area contributed by atoms with E-state index >= 15 is 0 Å². The minimum atomic E-state index is -0.461. The van der Waals surface area contributed by atoms with Gasteiger partial charge in [-0.2, -0.15) is 0 Å². The van der Waals surface area contributed by atoms with E-state index in [1.165, 1.54) is 6.92 Å². The summed E-state index contributed by atoms with van der Waals surface area (Å²) in [4.78, 5) is 24.8. The second-order valence-corrected chi connectivity index (χ2v) is 5.57. The van der Waals surface area contributed by atoms with E-state index in [1.807, 2.05) is 0 Å². The van der Waals surface area contributed by atoms with Crippen LogP contribution in [0.3, 0.4) is 0 Å². The second kappa shape index (κ2) is 5.04. The summed E-state index contributed by atoms with van der Waals surface area (Å²) in [6.45, 7) is 8.59. The molecule has 1 saturated heterocycles. The molecular formula is C12H23N3O2. The van der Waals surface area contributed by atoms with Gasteiger partial charge in [0.05, 0.1) is 0 Å². The SMILES string of the molecule is CC(=O)NC(C)C(=O)N1CCC(N)C(C)(C)C1. The van der Waals surface area contributed by atoms with Crippen LogP contribution in [0.15, 0.2) is 0 Å². The van der Waals surface area contributed by atoms with Crippen LogP contribution in [-0.2, 0) is 9.59 Å². The van der Waals surface area contributed by atoms with Crippen LogP contribution in [0.2, 0.25) is 0 Å². The van der Waals surface area contributed by atoms with Gasteiger partial charge in [-0.3, -0.25) is 9.59 Å². The summed E-state index contributed by atoms with van der Waals surface area (Å²) >= 11 is 0. The molecule has 1 rings (SSSR count). The maximum Gasteiger partial charge on any atom is 0.244 e. The van der Waals surface area contributed by atoms with Crippen molar-refractivity contribution in [1.29, 1.82) is 0 Å². The Morgan fingerprint density at radius 1 is 1.47 bits per heavy atom. The molecule has 0 bridgehead atoms. The first-order chi connectivity index (χ1) is 7.74. The number of carbonyl (C=O) groups excluding carboxylic acids is 2. The summed E-state index contributed by atoms with van der Waals surface area (Å²) in [7, 11) is 0. The molecule has 0 aromatic rings. The Hall–Kier alpha value is -1.10. The zero-order valence-electron chi connectivity index (χ0n) is 11.1. The molecule has 17 heavy (non-hydrogen) atoms. The van der Waals surface area contributed by atoms with Crippen molar-refractivity contribution < 1.29 is 9.59 Å². The van der Waals surface area contributed by atoms with Crippen LogP contribution in [0.25, 0.3) is 0 Å². The van der Waals surface area contributed by atoms with Crippen molar-refractivity contribution in [2.45, 2.75) is 46.2 Å². The van der Waals surface area contributed by atoms with E-state index in [2.05, 4.69) is 19.2 Å². The predicted octanol–water partition coefficient (Wildman–Crippen LogP) is 0.0968. The van der Waals surface area contributed by atoms with Gasteiger partial charge in [-0.1, -0.05) is 13.8 Å². The average molecular weight is 241 g/mol. The molecule has 5 nitrogen and oxygen atoms in total. The Kier molecular flexibility index (Phi) is 4.14. The third kappa shape index (κ3) is 3.43. The predicted molar refractivity (Wildman–Crippen MR) is 66.2 cm³/mol. The Balaban J connectivity index is 2.62. The van der Waals surface area contributed by atoms with E-state index in [0.29, 0.717) is 13.1 Å². The number of carbonyl (C=O) groups is 2. The van der Waals surface area contributed by atoms with Gasteiger partial charge in [-0.05, 0) is 18.8 Å². The van der Waals surface area contributed by atoms with E-state index in [0.717, 1.165) is 6.42 Å². The largest absolute Gasteiger partial charge is 0.345 e. The van der Waals surface area contributed by atoms with Crippen molar-refractivity contribution in [3.8, 4) is 0 Å². The number of piperidine rings is 1. The smallest absolute Gasteiger partial charge is 0.244 e. The normalized spacial score (nSPS) is 25.2. The van der Waals surface area contributed by atoms with Crippen LogP contribution in [0.1, 0.15) is 34.1 Å². The fraction of sp³-hybridized carbons (Fsp3) is 0.833. The molecule has 2 amide bonds. The molecule has 2 unspecified atom stereocenters. The summed E-state index contributed by atoms with van der Waals surface area (Å²) in [6, 6.07) is -0.333. The van der Waals surface area contributed by atoms with E-state index in [9.17, 15) is 9.59 Å². The topological polar surface area (TPSA) is 75.4 Å². The Bertz CT molecular complexity index is 315. The number of likely N-dealkylation sites (tertiary alicyclic amines) is 1. The van der Waals surface area contributed by atoms with Gasteiger partial charge >= 0.3 is 0 Å². The van der Waals surface area contributed by atoms with Crippen molar-refractivity contribution in [3.63, 3.8) is 0 Å². The van der Waals surface area contributed by atoms with Crippen molar-refractivity contribution in [2.24, 2.45) is 11.1 Å². The van der Waals surface area contributed by atoms with Gasteiger partial charge < -0.3 is 16.0 Å². The second-order valence-electron chi connectivity index (χ2n) is 5.57. The van der Waals surface area contributed by atoms with Crippen LogP contribution in [0.4, 0.5) is 0 Å². The fourth-order valence-electron chi connectivity index (χ4n) is 2.20. The fourth-order valence-corrected chi connectivity index (χ4v) is 2.20. The molecular weight excluding hydrogens is 218 g/mol. The van der Waals surface area contributed by atoms with Gasteiger partial charge in [0.15, 0.2) is 0 Å². The first-order valence-electron chi connectivity index (χ1n) is 6.05. The Morgan fingerprint density at radius 2 is 2.06 bits per heavy atom. The number of amides is 2. The highest BCUT2D eigenvalue weighted by atomic mass is 16.2. The van der Waals surface area contributed by atoms with Gasteiger partial charge in [-0.15, -0.1) is 0 Å². The monoisotopic (exact) mass is 241 g/mol. The summed E-state index contributed by atoms with van der Waals surface area (Å²) in [5, 5.41) is 2.62. The summed E-state index contributed by atoms with van der Waals surface area (Å²) in [5.41, 5.74) is 5.96. The maximum absolute atomic E-state index is 12.1. The molecule has 1 fully saturated rings. The standard InChI is InChI=1S/C12H23N3O2/c1-8(14-9(2)16)11(17)15-6-5-10(13)12(3,4)7-15/h8,10H,5-7,13H2,1-4H3,(H,14,16). The minimum Gasteiger partial charge on any atom is -0.345 e. The molecule has 1 aliphatic heterocycles. The molecule has 0 aliphatic carbocycles. The molecule has 2 atom stereocenters.